The van der Waals surface area contributed by atoms with Gasteiger partial charge in [0.05, 0.1) is 22.9 Å². The van der Waals surface area contributed by atoms with Crippen molar-refractivity contribution in [3.05, 3.63) is 36.4 Å². The molecule has 0 unspecified atom stereocenters. The molecule has 0 aliphatic heterocycles. The number of quaternary nitrogens is 1. The first kappa shape index (κ1) is 25.1. The molecule has 1 aliphatic rings. The van der Waals surface area contributed by atoms with Crippen LogP contribution in [0.3, 0.4) is 0 Å². The van der Waals surface area contributed by atoms with Gasteiger partial charge in [0.1, 0.15) is 0 Å². The summed E-state index contributed by atoms with van der Waals surface area (Å²) in [5, 5.41) is 12.5. The summed E-state index contributed by atoms with van der Waals surface area (Å²) in [4.78, 5) is 13.1. The highest BCUT2D eigenvalue weighted by molar-refractivity contribution is 7.89. The van der Waals surface area contributed by atoms with E-state index in [1.807, 2.05) is 31.1 Å². The third-order valence-corrected chi connectivity index (χ3v) is 7.04. The number of benzene rings is 2. The second-order valence-electron chi connectivity index (χ2n) is 8.31. The number of carbonyl (C=O) groups is 1. The molecule has 4 N–H and O–H groups in total. The number of nitrogens with zero attached hydrogens (tertiary/aromatic N) is 1. The molecule has 2 aromatic carbocycles. The smallest absolute Gasteiger partial charge is 0.241 e. The van der Waals surface area contributed by atoms with Gasteiger partial charge in [-0.1, -0.05) is 44.0 Å². The number of carbonyl (C=O) groups excluding carboxylic acids is 1. The third kappa shape index (κ3) is 6.92. The van der Waals surface area contributed by atoms with E-state index in [4.69, 9.17) is 0 Å². The van der Waals surface area contributed by atoms with E-state index in [0.717, 1.165) is 17.1 Å². The molecule has 0 aromatic heterocycles. The Kier molecular flexibility index (Phi) is 9.28. The molecule has 0 radical (unpaired) electrons. The van der Waals surface area contributed by atoms with E-state index < -0.39 is 22.0 Å². The lowest BCUT2D eigenvalue weighted by atomic mass is 9.97. The van der Waals surface area contributed by atoms with Crippen LogP contribution in [-0.2, 0) is 14.8 Å². The Labute approximate surface area is 185 Å². The number of sulfonamides is 1. The van der Waals surface area contributed by atoms with Crippen molar-refractivity contribution in [3.8, 4) is 0 Å². The van der Waals surface area contributed by atoms with Crippen molar-refractivity contribution in [1.82, 2.24) is 4.72 Å². The molecule has 0 amide bonds. The lowest BCUT2D eigenvalue weighted by Crippen LogP contribution is -2.61. The lowest BCUT2D eigenvalue weighted by Gasteiger charge is -2.20. The Morgan fingerprint density at radius 1 is 1.13 bits per heavy atom. The standard InChI is InChI=1S/C17H22N2O4S.C6H13N/c1-4-7-14(17(20)21)18-24(22,23)16-11-6-8-12-13(16)9-5-10-15(12)19(2)3;7-6-4-2-1-3-5-6/h5-6,8-11,14,18H,4,7H2,1-3H3,(H,20,21);6H,1-5,7H2/t14-;/m0./s1. The average Bonchev–Trinajstić information content (AvgIpc) is 2.73. The molecule has 31 heavy (non-hydrogen) atoms. The predicted octanol–water partition coefficient (Wildman–Crippen LogP) is 1.66. The second-order valence-corrected chi connectivity index (χ2v) is 9.99. The van der Waals surface area contributed by atoms with Gasteiger partial charge in [-0.05, 0) is 44.2 Å². The molecule has 0 spiro atoms. The van der Waals surface area contributed by atoms with Crippen LogP contribution in [0.5, 0.6) is 0 Å². The van der Waals surface area contributed by atoms with Crippen molar-refractivity contribution in [3.63, 3.8) is 0 Å². The number of carboxylic acids is 1. The Bertz CT molecular complexity index is 970. The molecule has 172 valence electrons. The van der Waals surface area contributed by atoms with Crippen molar-refractivity contribution < 1.29 is 24.1 Å². The van der Waals surface area contributed by atoms with Crippen LogP contribution in [0, 0.1) is 0 Å². The van der Waals surface area contributed by atoms with E-state index in [1.54, 1.807) is 25.1 Å². The van der Waals surface area contributed by atoms with Crippen LogP contribution in [0.15, 0.2) is 41.3 Å². The zero-order chi connectivity index (χ0) is 23.0. The van der Waals surface area contributed by atoms with Crippen LogP contribution in [0.4, 0.5) is 5.69 Å². The summed E-state index contributed by atoms with van der Waals surface area (Å²) in [6, 6.07) is 9.89. The molecule has 1 saturated carbocycles. The van der Waals surface area contributed by atoms with Gasteiger partial charge in [-0.3, -0.25) is 0 Å². The maximum absolute atomic E-state index is 12.7. The first-order valence-corrected chi connectivity index (χ1v) is 12.4. The fraction of sp³-hybridized carbons (Fsp3) is 0.522. The SMILES string of the molecule is CCC[C@H](NS(=O)(=O)c1cccc2c(N(C)C)cccc12)C(=O)[O-].[NH3+]C1CCCCC1. The summed E-state index contributed by atoms with van der Waals surface area (Å²) in [6.07, 6.45) is 7.76. The van der Waals surface area contributed by atoms with Gasteiger partial charge >= 0.3 is 0 Å². The Morgan fingerprint density at radius 3 is 2.26 bits per heavy atom. The number of hydrogen-bond donors (Lipinski definition) is 2. The third-order valence-electron chi connectivity index (χ3n) is 5.51. The number of nitrogens with one attached hydrogen (secondary N) is 1. The summed E-state index contributed by atoms with van der Waals surface area (Å²) in [5.41, 5.74) is 4.88. The Morgan fingerprint density at radius 2 is 1.74 bits per heavy atom. The van der Waals surface area contributed by atoms with Crippen LogP contribution >= 0.6 is 0 Å². The fourth-order valence-electron chi connectivity index (χ4n) is 3.84. The van der Waals surface area contributed by atoms with Crippen LogP contribution < -0.4 is 20.5 Å². The first-order chi connectivity index (χ1) is 14.7. The molecule has 0 saturated heterocycles. The summed E-state index contributed by atoms with van der Waals surface area (Å²) < 4.78 is 27.6. The van der Waals surface area contributed by atoms with Gasteiger partial charge < -0.3 is 20.5 Å². The van der Waals surface area contributed by atoms with Crippen molar-refractivity contribution in [1.29, 1.82) is 0 Å². The number of carboxylic acid groups (broad SMARTS) is 1. The number of hydrogen-bond acceptors (Lipinski definition) is 5. The average molecular weight is 450 g/mol. The number of aliphatic carboxylic acids is 1. The van der Waals surface area contributed by atoms with E-state index in [-0.39, 0.29) is 11.3 Å². The van der Waals surface area contributed by atoms with Crippen LogP contribution in [0.1, 0.15) is 51.9 Å². The maximum Gasteiger partial charge on any atom is 0.241 e. The quantitative estimate of drug-likeness (QED) is 0.667. The molecular formula is C23H35N3O4S. The van der Waals surface area contributed by atoms with Gasteiger partial charge in [-0.2, -0.15) is 0 Å². The van der Waals surface area contributed by atoms with Crippen molar-refractivity contribution in [2.75, 3.05) is 19.0 Å². The zero-order valence-electron chi connectivity index (χ0n) is 18.8. The molecular weight excluding hydrogens is 414 g/mol. The molecule has 1 fully saturated rings. The summed E-state index contributed by atoms with van der Waals surface area (Å²) in [7, 11) is -0.232. The molecule has 1 atom stereocenters. The van der Waals surface area contributed by atoms with Gasteiger partial charge in [0.15, 0.2) is 0 Å². The van der Waals surface area contributed by atoms with Crippen molar-refractivity contribution in [2.45, 2.75) is 68.8 Å². The summed E-state index contributed by atoms with van der Waals surface area (Å²) in [5.74, 6) is -1.42. The first-order valence-electron chi connectivity index (χ1n) is 10.9. The van der Waals surface area contributed by atoms with E-state index in [2.05, 4.69) is 10.5 Å². The summed E-state index contributed by atoms with van der Waals surface area (Å²) in [6.45, 7) is 1.78. The van der Waals surface area contributed by atoms with Gasteiger partial charge in [-0.25, -0.2) is 13.1 Å². The highest BCUT2D eigenvalue weighted by Gasteiger charge is 2.23. The van der Waals surface area contributed by atoms with E-state index in [9.17, 15) is 18.3 Å². The number of rotatable bonds is 7. The van der Waals surface area contributed by atoms with Crippen LogP contribution in [0.2, 0.25) is 0 Å². The minimum atomic E-state index is -3.99. The topological polar surface area (TPSA) is 117 Å². The minimum Gasteiger partial charge on any atom is -0.548 e. The van der Waals surface area contributed by atoms with E-state index in [1.165, 1.54) is 38.2 Å². The van der Waals surface area contributed by atoms with Crippen molar-refractivity contribution in [2.24, 2.45) is 0 Å². The second kappa shape index (κ2) is 11.5. The van der Waals surface area contributed by atoms with Crippen molar-refractivity contribution >= 4 is 32.5 Å². The van der Waals surface area contributed by atoms with E-state index >= 15 is 0 Å². The molecule has 7 nitrogen and oxygen atoms in total. The fourth-order valence-corrected chi connectivity index (χ4v) is 5.28. The molecule has 3 rings (SSSR count). The number of fused-ring (bicyclic) bond motifs is 1. The zero-order valence-corrected chi connectivity index (χ0v) is 19.6. The Balaban J connectivity index is 0.000000412. The predicted molar refractivity (Wildman–Crippen MR) is 122 cm³/mol. The highest BCUT2D eigenvalue weighted by atomic mass is 32.2. The summed E-state index contributed by atoms with van der Waals surface area (Å²) >= 11 is 0. The van der Waals surface area contributed by atoms with Gasteiger partial charge in [0, 0.05) is 30.6 Å². The van der Waals surface area contributed by atoms with Gasteiger partial charge in [0.2, 0.25) is 10.0 Å². The molecule has 2 aromatic rings. The van der Waals surface area contributed by atoms with Gasteiger partial charge in [-0.15, -0.1) is 0 Å². The maximum atomic E-state index is 12.7. The van der Waals surface area contributed by atoms with E-state index in [0.29, 0.717) is 11.8 Å². The largest absolute Gasteiger partial charge is 0.548 e. The van der Waals surface area contributed by atoms with Crippen LogP contribution in [0.25, 0.3) is 10.8 Å². The normalized spacial score (nSPS) is 15.7. The molecule has 8 heteroatoms. The minimum absolute atomic E-state index is 0.0612. The Hall–Kier alpha value is -2.16. The molecule has 1 aliphatic carbocycles. The van der Waals surface area contributed by atoms with Crippen LogP contribution in [-0.4, -0.2) is 40.6 Å². The number of anilines is 1. The highest BCUT2D eigenvalue weighted by Crippen LogP contribution is 2.30. The lowest BCUT2D eigenvalue weighted by molar-refractivity contribution is -0.425. The monoisotopic (exact) mass is 449 g/mol. The molecule has 0 heterocycles. The van der Waals surface area contributed by atoms with Gasteiger partial charge in [0.25, 0.3) is 0 Å². The molecule has 0 bridgehead atoms.